The highest BCUT2D eigenvalue weighted by atomic mass is 16.2. The number of nitrogens with one attached hydrogen (secondary N) is 1. The third-order valence-electron chi connectivity index (χ3n) is 8.30. The summed E-state index contributed by atoms with van der Waals surface area (Å²) in [5, 5.41) is 13.0. The van der Waals surface area contributed by atoms with Crippen LogP contribution in [-0.2, 0) is 0 Å². The monoisotopic (exact) mass is 451 g/mol. The summed E-state index contributed by atoms with van der Waals surface area (Å²) in [4.78, 5) is 30.5. The molecule has 3 heterocycles. The van der Waals surface area contributed by atoms with Crippen LogP contribution in [0.15, 0.2) is 54.6 Å². The van der Waals surface area contributed by atoms with Crippen molar-refractivity contribution in [1.29, 1.82) is 0 Å². The van der Waals surface area contributed by atoms with Gasteiger partial charge in [0, 0.05) is 37.3 Å². The van der Waals surface area contributed by atoms with Crippen LogP contribution in [0, 0.1) is 30.6 Å². The van der Waals surface area contributed by atoms with Crippen molar-refractivity contribution in [3.63, 3.8) is 0 Å². The summed E-state index contributed by atoms with van der Waals surface area (Å²) in [7, 11) is 0. The van der Waals surface area contributed by atoms with Crippen LogP contribution in [0.5, 0.6) is 0 Å². The Balaban J connectivity index is 1.04. The van der Waals surface area contributed by atoms with Crippen molar-refractivity contribution in [1.82, 2.24) is 25.2 Å². The van der Waals surface area contributed by atoms with Gasteiger partial charge in [0.1, 0.15) is 11.0 Å². The highest BCUT2D eigenvalue weighted by molar-refractivity contribution is 5.99. The minimum absolute atomic E-state index is 0.0664. The third kappa shape index (κ3) is 2.89. The molecule has 7 nitrogen and oxygen atoms in total. The fourth-order valence-electron chi connectivity index (χ4n) is 6.54. The van der Waals surface area contributed by atoms with Gasteiger partial charge in [-0.2, -0.15) is 15.4 Å². The van der Waals surface area contributed by atoms with Crippen molar-refractivity contribution in [3.8, 4) is 0 Å². The van der Waals surface area contributed by atoms with E-state index in [1.807, 2.05) is 40.1 Å². The quantitative estimate of drug-likeness (QED) is 0.506. The Bertz CT molecular complexity index is 1460. The zero-order chi connectivity index (χ0) is 23.0. The smallest absolute Gasteiger partial charge is 0.253 e. The fourth-order valence-corrected chi connectivity index (χ4v) is 6.54. The van der Waals surface area contributed by atoms with Gasteiger partial charge in [-0.15, -0.1) is 0 Å². The maximum absolute atomic E-state index is 13.3. The average Bonchev–Trinajstić information content (AvgIpc) is 3.56. The molecule has 1 saturated carbocycles. The maximum Gasteiger partial charge on any atom is 0.253 e. The van der Waals surface area contributed by atoms with Gasteiger partial charge in [-0.25, -0.2) is 0 Å². The Kier molecular flexibility index (Phi) is 4.13. The van der Waals surface area contributed by atoms with Gasteiger partial charge in [-0.1, -0.05) is 29.8 Å². The summed E-state index contributed by atoms with van der Waals surface area (Å²) >= 11 is 0. The van der Waals surface area contributed by atoms with E-state index in [2.05, 4.69) is 46.6 Å². The number of amides is 2. The normalized spacial score (nSPS) is 25.4. The van der Waals surface area contributed by atoms with Gasteiger partial charge in [0.25, 0.3) is 11.8 Å². The molecule has 1 aliphatic carbocycles. The van der Waals surface area contributed by atoms with E-state index < -0.39 is 0 Å². The van der Waals surface area contributed by atoms with E-state index in [1.54, 1.807) is 0 Å². The van der Waals surface area contributed by atoms with Crippen LogP contribution in [0.1, 0.15) is 26.3 Å². The second kappa shape index (κ2) is 7.13. The lowest BCUT2D eigenvalue weighted by Gasteiger charge is -2.42. The predicted molar refractivity (Wildman–Crippen MR) is 128 cm³/mol. The number of H-pyrrole nitrogens is 1. The molecule has 7 rings (SSSR count). The number of hydrogen-bond donors (Lipinski definition) is 1. The van der Waals surface area contributed by atoms with Gasteiger partial charge in [-0.05, 0) is 71.7 Å². The van der Waals surface area contributed by atoms with Gasteiger partial charge in [0.2, 0.25) is 0 Å². The summed E-state index contributed by atoms with van der Waals surface area (Å²) < 4.78 is 0. The molecule has 3 aromatic carbocycles. The maximum atomic E-state index is 13.3. The molecule has 2 unspecified atom stereocenters. The van der Waals surface area contributed by atoms with Crippen molar-refractivity contribution >= 4 is 33.6 Å². The van der Waals surface area contributed by atoms with Crippen molar-refractivity contribution in [3.05, 3.63) is 71.3 Å². The van der Waals surface area contributed by atoms with Crippen LogP contribution in [0.2, 0.25) is 0 Å². The number of aryl methyl sites for hydroxylation is 1. The molecule has 1 aromatic heterocycles. The summed E-state index contributed by atoms with van der Waals surface area (Å²) in [5.41, 5.74) is 4.13. The molecule has 170 valence electrons. The molecule has 2 saturated heterocycles. The van der Waals surface area contributed by atoms with E-state index in [1.165, 1.54) is 10.9 Å². The van der Waals surface area contributed by atoms with Crippen LogP contribution in [0.25, 0.3) is 21.8 Å². The Morgan fingerprint density at radius 2 is 1.24 bits per heavy atom. The molecule has 34 heavy (non-hydrogen) atoms. The predicted octanol–water partition coefficient (Wildman–Crippen LogP) is 3.51. The minimum Gasteiger partial charge on any atom is -0.338 e. The van der Waals surface area contributed by atoms with E-state index in [9.17, 15) is 9.59 Å². The van der Waals surface area contributed by atoms with Crippen molar-refractivity contribution < 1.29 is 9.59 Å². The number of aromatic nitrogens is 3. The lowest BCUT2D eigenvalue weighted by atomic mass is 9.60. The third-order valence-corrected chi connectivity index (χ3v) is 8.30. The van der Waals surface area contributed by atoms with E-state index in [0.29, 0.717) is 34.8 Å². The highest BCUT2D eigenvalue weighted by Crippen LogP contribution is 2.54. The zero-order valence-corrected chi connectivity index (χ0v) is 18.9. The molecule has 4 atom stereocenters. The number of hydrogen-bond acceptors (Lipinski definition) is 4. The largest absolute Gasteiger partial charge is 0.338 e. The summed E-state index contributed by atoms with van der Waals surface area (Å²) in [6.45, 7) is 5.23. The van der Waals surface area contributed by atoms with Gasteiger partial charge in [0.15, 0.2) is 0 Å². The zero-order valence-electron chi connectivity index (χ0n) is 18.9. The molecular formula is C27H25N5O2. The van der Waals surface area contributed by atoms with Gasteiger partial charge in [-0.3, -0.25) is 9.59 Å². The van der Waals surface area contributed by atoms with Gasteiger partial charge >= 0.3 is 0 Å². The molecule has 0 bridgehead atoms. The molecule has 0 spiro atoms. The molecule has 3 aliphatic rings. The van der Waals surface area contributed by atoms with E-state index in [4.69, 9.17) is 0 Å². The molecule has 1 N–H and O–H groups in total. The van der Waals surface area contributed by atoms with Crippen LogP contribution in [-0.4, -0.2) is 63.2 Å². The lowest BCUT2D eigenvalue weighted by Crippen LogP contribution is -2.44. The Hall–Kier alpha value is -3.74. The first-order chi connectivity index (χ1) is 16.5. The van der Waals surface area contributed by atoms with Crippen molar-refractivity contribution in [2.24, 2.45) is 23.7 Å². The molecule has 7 heteroatoms. The molecule has 3 fully saturated rings. The number of carbonyl (C=O) groups is 2. The average molecular weight is 452 g/mol. The molecule has 0 radical (unpaired) electrons. The fraction of sp³-hybridized carbons (Fsp3) is 0.333. The SMILES string of the molecule is Cc1ccc2cc(C(=O)N3CC4C(C3)[C@@H]3CN(C(=O)c5ccc6n[nH]nc6c5)C[C@H]43)ccc2c1. The number of likely N-dealkylation sites (tertiary alicyclic amines) is 2. The standard InChI is InChI=1S/C27H25N5O2/c1-15-2-3-17-9-18(5-4-16(17)8-15)26(33)31-11-20-21(12-31)23-14-32(13-22(20)23)27(34)19-6-7-24-25(10-19)29-30-28-24/h2-10,20-23H,11-14H2,1H3,(H,28,29,30)/t20?,21?,22-,23+. The summed E-state index contributed by atoms with van der Waals surface area (Å²) in [5.74, 6) is 2.16. The summed E-state index contributed by atoms with van der Waals surface area (Å²) in [6, 6.07) is 17.8. The second-order valence-electron chi connectivity index (χ2n) is 10.2. The number of aromatic amines is 1. The van der Waals surface area contributed by atoms with E-state index >= 15 is 0 Å². The molecule has 2 aliphatic heterocycles. The Morgan fingerprint density at radius 1 is 0.706 bits per heavy atom. The lowest BCUT2D eigenvalue weighted by molar-refractivity contribution is 0.0629. The first-order valence-corrected chi connectivity index (χ1v) is 11.9. The van der Waals surface area contributed by atoms with Crippen LogP contribution < -0.4 is 0 Å². The second-order valence-corrected chi connectivity index (χ2v) is 10.2. The van der Waals surface area contributed by atoms with E-state index in [-0.39, 0.29) is 11.8 Å². The van der Waals surface area contributed by atoms with E-state index in [0.717, 1.165) is 42.6 Å². The van der Waals surface area contributed by atoms with Crippen LogP contribution in [0.4, 0.5) is 0 Å². The van der Waals surface area contributed by atoms with Crippen LogP contribution in [0.3, 0.4) is 0 Å². The number of nitrogens with zero attached hydrogens (tertiary/aromatic N) is 4. The van der Waals surface area contributed by atoms with Crippen molar-refractivity contribution in [2.75, 3.05) is 26.2 Å². The number of benzene rings is 3. The van der Waals surface area contributed by atoms with Crippen molar-refractivity contribution in [2.45, 2.75) is 6.92 Å². The van der Waals surface area contributed by atoms with Gasteiger partial charge < -0.3 is 9.80 Å². The number of rotatable bonds is 2. The minimum atomic E-state index is 0.0664. The Morgan fingerprint density at radius 3 is 1.91 bits per heavy atom. The first-order valence-electron chi connectivity index (χ1n) is 11.9. The summed E-state index contributed by atoms with van der Waals surface area (Å²) in [6.07, 6.45) is 0. The molecule has 2 amide bonds. The highest BCUT2D eigenvalue weighted by Gasteiger charge is 2.59. The van der Waals surface area contributed by atoms with Crippen LogP contribution >= 0.6 is 0 Å². The molecular weight excluding hydrogens is 426 g/mol. The van der Waals surface area contributed by atoms with Gasteiger partial charge in [0.05, 0.1) is 0 Å². The first kappa shape index (κ1) is 19.7. The molecule has 4 aromatic rings. The number of fused-ring (bicyclic) bond motifs is 6. The Labute approximate surface area is 196 Å². The topological polar surface area (TPSA) is 82.2 Å². The number of carbonyl (C=O) groups excluding carboxylic acids is 2.